The predicted molar refractivity (Wildman–Crippen MR) is 175 cm³/mol. The maximum absolute atomic E-state index is 12.8. The summed E-state index contributed by atoms with van der Waals surface area (Å²) in [6, 6.07) is 10.8. The zero-order chi connectivity index (χ0) is 36.3. The SMILES string of the molecule is COc1cc(N=Nc2ccc(S(=O)(=O)N(CCO)CCO)cc2)c(C)cc1N=Nc1c(S(=O)(=O)O)cc2cc(S(=O)(=O)O)cc(N)c2c1O. The minimum absolute atomic E-state index is 0.0271. The number of fused-ring (bicyclic) bond motifs is 1. The van der Waals surface area contributed by atoms with Gasteiger partial charge in [0.25, 0.3) is 20.2 Å². The number of hydrogen-bond donors (Lipinski definition) is 6. The smallest absolute Gasteiger partial charge is 0.296 e. The normalized spacial score (nSPS) is 12.9. The molecule has 18 nitrogen and oxygen atoms in total. The van der Waals surface area contributed by atoms with Crippen LogP contribution in [0.4, 0.5) is 28.4 Å². The van der Waals surface area contributed by atoms with E-state index in [4.69, 9.17) is 10.5 Å². The Morgan fingerprint density at radius 1 is 0.776 bits per heavy atom. The van der Waals surface area contributed by atoms with E-state index in [1.54, 1.807) is 6.92 Å². The van der Waals surface area contributed by atoms with Crippen LogP contribution in [0.2, 0.25) is 0 Å². The minimum atomic E-state index is -5.08. The lowest BCUT2D eigenvalue weighted by Gasteiger charge is -2.20. The minimum Gasteiger partial charge on any atom is -0.505 e. The maximum atomic E-state index is 12.8. The molecule has 0 aliphatic rings. The standard InChI is InChI=1S/C28H30N6O12S3/c1-16-11-23(32-33-27-25(49(43,44)45)13-17-12-20(48(40,41)42)14-21(29)26(17)28(27)37)24(46-2)15-22(16)31-30-18-3-5-19(6-4-18)47(38,39)34(7-9-35)8-10-36/h3-6,11-15,35-37H,7-10,29H2,1-2H3,(H,40,41,42)(H,43,44,45). The number of methoxy groups -OCH3 is 1. The van der Waals surface area contributed by atoms with Crippen molar-refractivity contribution in [1.82, 2.24) is 4.31 Å². The molecule has 0 aliphatic carbocycles. The molecule has 0 spiro atoms. The first-order valence-electron chi connectivity index (χ1n) is 13.8. The molecule has 0 radical (unpaired) electrons. The Morgan fingerprint density at radius 2 is 1.39 bits per heavy atom. The van der Waals surface area contributed by atoms with E-state index >= 15 is 0 Å². The average molecular weight is 739 g/mol. The summed E-state index contributed by atoms with van der Waals surface area (Å²) in [7, 11) is -12.5. The van der Waals surface area contributed by atoms with E-state index in [2.05, 4.69) is 20.5 Å². The van der Waals surface area contributed by atoms with Crippen molar-refractivity contribution in [2.75, 3.05) is 39.1 Å². The van der Waals surface area contributed by atoms with Crippen molar-refractivity contribution in [2.45, 2.75) is 21.6 Å². The largest absolute Gasteiger partial charge is 0.505 e. The number of aryl methyl sites for hydroxylation is 1. The van der Waals surface area contributed by atoms with Gasteiger partial charge < -0.3 is 25.8 Å². The average Bonchev–Trinajstić information content (AvgIpc) is 3.02. The highest BCUT2D eigenvalue weighted by molar-refractivity contribution is 7.89. The van der Waals surface area contributed by atoms with Gasteiger partial charge in [0.05, 0.1) is 41.5 Å². The number of rotatable bonds is 13. The van der Waals surface area contributed by atoms with Gasteiger partial charge in [-0.3, -0.25) is 9.11 Å². The van der Waals surface area contributed by atoms with Gasteiger partial charge in [-0.25, -0.2) is 8.42 Å². The zero-order valence-corrected chi connectivity index (χ0v) is 28.1. The predicted octanol–water partition coefficient (Wildman–Crippen LogP) is 3.74. The number of aliphatic hydroxyl groups is 2. The van der Waals surface area contributed by atoms with Crippen LogP contribution in [0.25, 0.3) is 10.8 Å². The third-order valence-corrected chi connectivity index (χ3v) is 10.5. The topological polar surface area (TPSA) is 291 Å². The van der Waals surface area contributed by atoms with Crippen LogP contribution in [0.3, 0.4) is 0 Å². The number of azo groups is 2. The number of aliphatic hydroxyl groups excluding tert-OH is 2. The zero-order valence-electron chi connectivity index (χ0n) is 25.7. The van der Waals surface area contributed by atoms with Crippen LogP contribution in [-0.4, -0.2) is 87.4 Å². The number of benzene rings is 4. The Labute approximate surface area is 280 Å². The van der Waals surface area contributed by atoms with Gasteiger partial charge in [0.2, 0.25) is 10.0 Å². The first-order valence-corrected chi connectivity index (χ1v) is 18.1. The number of sulfonamides is 1. The third-order valence-electron chi connectivity index (χ3n) is 6.93. The fourth-order valence-corrected chi connectivity index (χ4v) is 7.20. The number of hydrogen-bond acceptors (Lipinski definition) is 15. The van der Waals surface area contributed by atoms with E-state index < -0.39 is 64.7 Å². The number of phenolic OH excluding ortho intramolecular Hbond substituents is 1. The summed E-state index contributed by atoms with van der Waals surface area (Å²) in [5.41, 5.74) is 5.89. The van der Waals surface area contributed by atoms with Crippen LogP contribution in [0, 0.1) is 6.92 Å². The molecule has 7 N–H and O–H groups in total. The summed E-state index contributed by atoms with van der Waals surface area (Å²) in [5, 5.41) is 45.0. The number of aromatic hydroxyl groups is 1. The Bertz CT molecular complexity index is 2290. The van der Waals surface area contributed by atoms with Gasteiger partial charge in [-0.05, 0) is 66.4 Å². The third kappa shape index (κ3) is 8.17. The van der Waals surface area contributed by atoms with Crippen LogP contribution < -0.4 is 10.5 Å². The quantitative estimate of drug-likeness (QED) is 0.0648. The fourth-order valence-electron chi connectivity index (χ4n) is 4.57. The van der Waals surface area contributed by atoms with Crippen molar-refractivity contribution < 1.29 is 54.4 Å². The fraction of sp³-hybridized carbons (Fsp3) is 0.214. The highest BCUT2D eigenvalue weighted by atomic mass is 32.2. The van der Waals surface area contributed by atoms with E-state index in [0.717, 1.165) is 22.5 Å². The van der Waals surface area contributed by atoms with Gasteiger partial charge in [-0.1, -0.05) is 0 Å². The van der Waals surface area contributed by atoms with Crippen LogP contribution in [0.1, 0.15) is 5.56 Å². The molecule has 4 rings (SSSR count). The van der Waals surface area contributed by atoms with Crippen molar-refractivity contribution in [3.63, 3.8) is 0 Å². The molecule has 0 unspecified atom stereocenters. The number of nitrogens with zero attached hydrogens (tertiary/aromatic N) is 5. The molecule has 0 aliphatic heterocycles. The van der Waals surface area contributed by atoms with Gasteiger partial charge in [0.1, 0.15) is 22.0 Å². The van der Waals surface area contributed by atoms with Gasteiger partial charge >= 0.3 is 0 Å². The molecule has 0 heterocycles. The molecule has 0 atom stereocenters. The van der Waals surface area contributed by atoms with Gasteiger partial charge in [-0.15, -0.1) is 10.2 Å². The van der Waals surface area contributed by atoms with Crippen LogP contribution in [0.5, 0.6) is 11.5 Å². The van der Waals surface area contributed by atoms with Gasteiger partial charge in [0, 0.05) is 30.2 Å². The number of nitrogens with two attached hydrogens (primary N) is 1. The van der Waals surface area contributed by atoms with Gasteiger partial charge in [0.15, 0.2) is 5.75 Å². The maximum Gasteiger partial charge on any atom is 0.296 e. The summed E-state index contributed by atoms with van der Waals surface area (Å²) >= 11 is 0. The molecule has 262 valence electrons. The summed E-state index contributed by atoms with van der Waals surface area (Å²) in [5.74, 6) is -0.786. The molecule has 0 aromatic heterocycles. The van der Waals surface area contributed by atoms with Crippen molar-refractivity contribution in [2.24, 2.45) is 20.5 Å². The molecular formula is C28H30N6O12S3. The first-order chi connectivity index (χ1) is 22.9. The van der Waals surface area contributed by atoms with Crippen molar-refractivity contribution in [3.05, 3.63) is 60.2 Å². The Balaban J connectivity index is 1.70. The second kappa shape index (κ2) is 14.5. The van der Waals surface area contributed by atoms with Crippen molar-refractivity contribution in [3.8, 4) is 11.5 Å². The summed E-state index contributed by atoms with van der Waals surface area (Å²) in [6.45, 7) is 0.389. The van der Waals surface area contributed by atoms with Gasteiger partial charge in [-0.2, -0.15) is 31.4 Å². The molecule has 21 heteroatoms. The lowest BCUT2D eigenvalue weighted by molar-refractivity contribution is 0.217. The lowest BCUT2D eigenvalue weighted by atomic mass is 10.1. The first kappa shape index (κ1) is 37.2. The van der Waals surface area contributed by atoms with E-state index in [-0.39, 0.29) is 51.6 Å². The summed E-state index contributed by atoms with van der Waals surface area (Å²) in [4.78, 5) is -1.71. The molecule has 0 bridgehead atoms. The van der Waals surface area contributed by atoms with Crippen LogP contribution >= 0.6 is 0 Å². The number of phenols is 1. The van der Waals surface area contributed by atoms with Crippen LogP contribution in [-0.2, 0) is 30.3 Å². The second-order valence-corrected chi connectivity index (χ2v) is 14.9. The van der Waals surface area contributed by atoms with Crippen molar-refractivity contribution in [1.29, 1.82) is 0 Å². The number of anilines is 1. The number of nitrogen functional groups attached to an aromatic ring is 1. The highest BCUT2D eigenvalue weighted by Gasteiger charge is 2.26. The summed E-state index contributed by atoms with van der Waals surface area (Å²) in [6.07, 6.45) is 0. The Hall–Kier alpha value is -4.61. The molecule has 0 fully saturated rings. The molecular weight excluding hydrogens is 709 g/mol. The lowest BCUT2D eigenvalue weighted by Crippen LogP contribution is -2.35. The monoisotopic (exact) mass is 738 g/mol. The van der Waals surface area contributed by atoms with E-state index in [0.29, 0.717) is 11.3 Å². The molecule has 4 aromatic rings. The van der Waals surface area contributed by atoms with E-state index in [1.165, 1.54) is 43.5 Å². The Morgan fingerprint density at radius 3 is 1.94 bits per heavy atom. The highest BCUT2D eigenvalue weighted by Crippen LogP contribution is 2.45. The Kier molecular flexibility index (Phi) is 11.0. The molecule has 0 amide bonds. The second-order valence-electron chi connectivity index (χ2n) is 10.2. The van der Waals surface area contributed by atoms with Crippen molar-refractivity contribution >= 4 is 69.5 Å². The molecule has 4 aromatic carbocycles. The van der Waals surface area contributed by atoms with Crippen LogP contribution in [0.15, 0.2) is 89.7 Å². The van der Waals surface area contributed by atoms with E-state index in [1.807, 2.05) is 0 Å². The molecule has 0 saturated heterocycles. The molecule has 0 saturated carbocycles. The molecule has 49 heavy (non-hydrogen) atoms. The van der Waals surface area contributed by atoms with E-state index in [9.17, 15) is 49.7 Å². The summed E-state index contributed by atoms with van der Waals surface area (Å²) < 4.78 is 99.0. The number of ether oxygens (including phenoxy) is 1.